The monoisotopic (exact) mass is 462 g/mol. The van der Waals surface area contributed by atoms with Gasteiger partial charge in [-0.2, -0.15) is 23.4 Å². The summed E-state index contributed by atoms with van der Waals surface area (Å²) in [4.78, 5) is 3.67. The van der Waals surface area contributed by atoms with E-state index in [4.69, 9.17) is 0 Å². The van der Waals surface area contributed by atoms with Gasteiger partial charge in [0.1, 0.15) is 4.90 Å². The Morgan fingerprint density at radius 2 is 1.91 bits per heavy atom. The van der Waals surface area contributed by atoms with Crippen molar-refractivity contribution in [3.8, 4) is 5.82 Å². The molecule has 4 aromatic rings. The van der Waals surface area contributed by atoms with Crippen LogP contribution in [0.15, 0.2) is 53.9 Å². The molecule has 1 aliphatic carbocycles. The van der Waals surface area contributed by atoms with Crippen molar-refractivity contribution in [2.24, 2.45) is 7.05 Å². The number of pyridine rings is 1. The van der Waals surface area contributed by atoms with Gasteiger partial charge in [-0.3, -0.25) is 9.40 Å². The van der Waals surface area contributed by atoms with Gasteiger partial charge < -0.3 is 0 Å². The Kier molecular flexibility index (Phi) is 4.52. The van der Waals surface area contributed by atoms with Crippen molar-refractivity contribution in [2.45, 2.75) is 29.8 Å². The Hall–Kier alpha value is -3.41. The van der Waals surface area contributed by atoms with Crippen molar-refractivity contribution < 1.29 is 21.6 Å². The van der Waals surface area contributed by atoms with Gasteiger partial charge in [0, 0.05) is 18.6 Å². The molecule has 1 aliphatic rings. The average Bonchev–Trinajstić information content (AvgIpc) is 3.31. The van der Waals surface area contributed by atoms with Crippen molar-refractivity contribution in [3.05, 3.63) is 60.2 Å². The molecule has 0 bridgehead atoms. The van der Waals surface area contributed by atoms with Crippen LogP contribution >= 0.6 is 0 Å². The van der Waals surface area contributed by atoms with E-state index in [-0.39, 0.29) is 16.6 Å². The summed E-state index contributed by atoms with van der Waals surface area (Å²) in [6.45, 7) is 0. The number of alkyl halides is 3. The normalized spacial score (nSPS) is 14.8. The summed E-state index contributed by atoms with van der Waals surface area (Å²) in [5.74, 6) is 0.123. The van der Waals surface area contributed by atoms with E-state index in [0.717, 1.165) is 59.2 Å². The maximum atomic E-state index is 13.2. The van der Waals surface area contributed by atoms with Crippen molar-refractivity contribution in [1.82, 2.24) is 24.5 Å². The molecular formula is C20H17F3N6O2S. The van der Waals surface area contributed by atoms with Crippen LogP contribution in [0.25, 0.3) is 16.7 Å². The third kappa shape index (κ3) is 3.60. The Labute approximate surface area is 180 Å². The SMILES string of the molecule is Cn1ncc2ccc(C3CC3)c(NS(=O)(=O)c3cnn(-c4cc(C(F)(F)F)ccn4)c3)c21. The second kappa shape index (κ2) is 7.05. The van der Waals surface area contributed by atoms with Gasteiger partial charge in [0.2, 0.25) is 0 Å². The molecule has 166 valence electrons. The van der Waals surface area contributed by atoms with E-state index in [9.17, 15) is 21.6 Å². The van der Waals surface area contributed by atoms with E-state index in [2.05, 4.69) is 19.9 Å². The number of hydrogen-bond acceptors (Lipinski definition) is 5. The number of anilines is 1. The summed E-state index contributed by atoms with van der Waals surface area (Å²) >= 11 is 0. The highest BCUT2D eigenvalue weighted by molar-refractivity contribution is 7.92. The van der Waals surface area contributed by atoms with Crippen LogP contribution in [0.3, 0.4) is 0 Å². The van der Waals surface area contributed by atoms with Gasteiger partial charge in [-0.15, -0.1) is 0 Å². The van der Waals surface area contributed by atoms with E-state index >= 15 is 0 Å². The molecule has 1 N–H and O–H groups in total. The lowest BCUT2D eigenvalue weighted by Crippen LogP contribution is -2.15. The second-order valence-electron chi connectivity index (χ2n) is 7.64. The molecule has 1 saturated carbocycles. The van der Waals surface area contributed by atoms with Gasteiger partial charge in [0.25, 0.3) is 10.0 Å². The average molecular weight is 462 g/mol. The predicted molar refractivity (Wildman–Crippen MR) is 110 cm³/mol. The zero-order valence-corrected chi connectivity index (χ0v) is 17.5. The number of benzene rings is 1. The third-order valence-electron chi connectivity index (χ3n) is 5.37. The minimum Gasteiger partial charge on any atom is -0.277 e. The lowest BCUT2D eigenvalue weighted by atomic mass is 10.1. The van der Waals surface area contributed by atoms with Crippen molar-refractivity contribution in [1.29, 1.82) is 0 Å². The molecule has 5 rings (SSSR count). The summed E-state index contributed by atoms with van der Waals surface area (Å²) in [6, 6.07) is 5.44. The number of aryl methyl sites for hydroxylation is 1. The number of sulfonamides is 1. The number of nitrogens with one attached hydrogen (secondary N) is 1. The summed E-state index contributed by atoms with van der Waals surface area (Å²) < 4.78 is 70.5. The van der Waals surface area contributed by atoms with E-state index in [1.165, 1.54) is 0 Å². The zero-order chi connectivity index (χ0) is 22.7. The number of rotatable bonds is 5. The number of aromatic nitrogens is 5. The number of fused-ring (bicyclic) bond motifs is 1. The van der Waals surface area contributed by atoms with Gasteiger partial charge in [-0.05, 0) is 36.5 Å². The van der Waals surface area contributed by atoms with Crippen LogP contribution < -0.4 is 4.72 Å². The topological polar surface area (TPSA) is 94.7 Å². The predicted octanol–water partition coefficient (Wildman–Crippen LogP) is 3.85. The maximum Gasteiger partial charge on any atom is 0.416 e. The first-order chi connectivity index (χ1) is 15.1. The fraction of sp³-hybridized carbons (Fsp3) is 0.250. The van der Waals surface area contributed by atoms with Crippen LogP contribution in [0.4, 0.5) is 18.9 Å². The molecule has 0 aliphatic heterocycles. The van der Waals surface area contributed by atoms with E-state index < -0.39 is 21.8 Å². The van der Waals surface area contributed by atoms with Gasteiger partial charge in [0.05, 0.1) is 35.4 Å². The minimum atomic E-state index is -4.55. The first-order valence-electron chi connectivity index (χ1n) is 9.69. The molecule has 1 fully saturated rings. The van der Waals surface area contributed by atoms with Crippen molar-refractivity contribution in [2.75, 3.05) is 4.72 Å². The molecule has 8 nitrogen and oxygen atoms in total. The van der Waals surface area contributed by atoms with Gasteiger partial charge >= 0.3 is 6.18 Å². The van der Waals surface area contributed by atoms with Crippen molar-refractivity contribution >= 4 is 26.6 Å². The summed E-state index contributed by atoms with van der Waals surface area (Å²) in [5.41, 5.74) is 1.09. The summed E-state index contributed by atoms with van der Waals surface area (Å²) in [7, 11) is -2.35. The van der Waals surface area contributed by atoms with E-state index in [1.807, 2.05) is 12.1 Å². The van der Waals surface area contributed by atoms with Crippen LogP contribution in [-0.2, 0) is 23.2 Å². The minimum absolute atomic E-state index is 0.145. The van der Waals surface area contributed by atoms with Gasteiger partial charge in [0.15, 0.2) is 5.82 Å². The highest BCUT2D eigenvalue weighted by Gasteiger charge is 2.32. The summed E-state index contributed by atoms with van der Waals surface area (Å²) in [6.07, 6.45) is 2.24. The van der Waals surface area contributed by atoms with Gasteiger partial charge in [-0.25, -0.2) is 18.1 Å². The Balaban J connectivity index is 1.52. The number of hydrogen-bond donors (Lipinski definition) is 1. The largest absolute Gasteiger partial charge is 0.416 e. The highest BCUT2D eigenvalue weighted by Crippen LogP contribution is 2.46. The standard InChI is InChI=1S/C20H17F3N6O2S/c1-28-19-13(9-25-28)4-5-16(12-2-3-12)18(19)27-32(30,31)15-10-26-29(11-15)17-8-14(6-7-24-17)20(21,22)23/h4-12,27H,2-3H2,1H3. The van der Waals surface area contributed by atoms with Crippen molar-refractivity contribution in [3.63, 3.8) is 0 Å². The second-order valence-corrected chi connectivity index (χ2v) is 9.32. The lowest BCUT2D eigenvalue weighted by molar-refractivity contribution is -0.137. The molecule has 3 aromatic heterocycles. The molecule has 3 heterocycles. The first-order valence-corrected chi connectivity index (χ1v) is 11.2. The molecule has 0 radical (unpaired) electrons. The Morgan fingerprint density at radius 1 is 1.12 bits per heavy atom. The number of halogens is 3. The van der Waals surface area contributed by atoms with Crippen LogP contribution in [0, 0.1) is 0 Å². The molecule has 0 saturated heterocycles. The molecule has 0 spiro atoms. The Bertz CT molecular complexity index is 1440. The van der Waals surface area contributed by atoms with Crippen LogP contribution in [0.1, 0.15) is 29.9 Å². The van der Waals surface area contributed by atoms with Crippen LogP contribution in [0.5, 0.6) is 0 Å². The van der Waals surface area contributed by atoms with E-state index in [0.29, 0.717) is 11.2 Å². The van der Waals surface area contributed by atoms with Crippen LogP contribution in [-0.4, -0.2) is 33.0 Å². The smallest absolute Gasteiger partial charge is 0.277 e. The fourth-order valence-electron chi connectivity index (χ4n) is 3.61. The first kappa shape index (κ1) is 20.5. The third-order valence-corrected chi connectivity index (χ3v) is 6.67. The fourth-order valence-corrected chi connectivity index (χ4v) is 4.63. The molecule has 0 unspecified atom stereocenters. The molecular weight excluding hydrogens is 445 g/mol. The maximum absolute atomic E-state index is 13.2. The molecule has 0 amide bonds. The van der Waals surface area contributed by atoms with E-state index in [1.54, 1.807) is 17.9 Å². The molecule has 32 heavy (non-hydrogen) atoms. The number of nitrogens with zero attached hydrogens (tertiary/aromatic N) is 5. The highest BCUT2D eigenvalue weighted by atomic mass is 32.2. The van der Waals surface area contributed by atoms with Gasteiger partial charge in [-0.1, -0.05) is 12.1 Å². The lowest BCUT2D eigenvalue weighted by Gasteiger charge is -2.14. The molecule has 1 aromatic carbocycles. The summed E-state index contributed by atoms with van der Waals surface area (Å²) in [5, 5.41) is 8.91. The zero-order valence-electron chi connectivity index (χ0n) is 16.7. The quantitative estimate of drug-likeness (QED) is 0.486. The molecule has 0 atom stereocenters. The van der Waals surface area contributed by atoms with Crippen LogP contribution in [0.2, 0.25) is 0 Å². The Morgan fingerprint density at radius 3 is 2.62 bits per heavy atom. The molecule has 12 heteroatoms.